The number of aromatic nitrogens is 2. The minimum atomic E-state index is -0.596. The topological polar surface area (TPSA) is 101 Å². The average Bonchev–Trinajstić information content (AvgIpc) is 2.39. The Labute approximate surface area is 102 Å². The number of aryl methyl sites for hydroxylation is 1. The molecule has 2 rings (SSSR count). The van der Waals surface area contributed by atoms with Crippen LogP contribution in [0, 0.1) is 6.92 Å². The van der Waals surface area contributed by atoms with Crippen molar-refractivity contribution in [3.05, 3.63) is 40.2 Å². The molecular formula is C11H9N5O2. The van der Waals surface area contributed by atoms with Gasteiger partial charge < -0.3 is 4.74 Å². The molecule has 0 aliphatic rings. The zero-order chi connectivity index (χ0) is 13.1. The minimum Gasteiger partial charge on any atom is -0.465 e. The molecule has 0 spiro atoms. The summed E-state index contributed by atoms with van der Waals surface area (Å²) in [4.78, 5) is 22.5. The molecule has 7 heteroatoms. The number of pyridine rings is 2. The third-order valence-electron chi connectivity index (χ3n) is 2.49. The molecule has 0 radical (unpaired) electrons. The Morgan fingerprint density at radius 1 is 1.50 bits per heavy atom. The number of carbonyl (C=O) groups excluding carboxylic acids is 1. The van der Waals surface area contributed by atoms with Gasteiger partial charge in [0, 0.05) is 22.7 Å². The average molecular weight is 243 g/mol. The van der Waals surface area contributed by atoms with Crippen molar-refractivity contribution in [3.63, 3.8) is 0 Å². The Bertz CT molecular complexity index is 676. The van der Waals surface area contributed by atoms with E-state index in [4.69, 9.17) is 5.53 Å². The predicted octanol–water partition coefficient (Wildman–Crippen LogP) is 2.67. The van der Waals surface area contributed by atoms with Gasteiger partial charge in [-0.15, -0.1) is 0 Å². The molecule has 2 aromatic heterocycles. The fourth-order valence-electron chi connectivity index (χ4n) is 1.66. The van der Waals surface area contributed by atoms with Gasteiger partial charge in [0.05, 0.1) is 29.6 Å². The second-order valence-corrected chi connectivity index (χ2v) is 3.49. The number of azide groups is 1. The van der Waals surface area contributed by atoms with Crippen LogP contribution < -0.4 is 0 Å². The third kappa shape index (κ3) is 1.83. The van der Waals surface area contributed by atoms with E-state index in [0.29, 0.717) is 16.6 Å². The van der Waals surface area contributed by atoms with Crippen molar-refractivity contribution >= 4 is 22.6 Å². The first-order valence-corrected chi connectivity index (χ1v) is 5.06. The fraction of sp³-hybridized carbons (Fsp3) is 0.182. The number of nitrogens with zero attached hydrogens (tertiary/aromatic N) is 5. The number of fused-ring (bicyclic) bond motifs is 1. The van der Waals surface area contributed by atoms with E-state index >= 15 is 0 Å². The number of carbonyl (C=O) groups is 1. The van der Waals surface area contributed by atoms with Gasteiger partial charge in [-0.25, -0.2) is 4.79 Å². The number of esters is 1. The lowest BCUT2D eigenvalue weighted by Gasteiger charge is -2.07. The van der Waals surface area contributed by atoms with Gasteiger partial charge >= 0.3 is 5.97 Å². The van der Waals surface area contributed by atoms with E-state index in [1.165, 1.54) is 13.3 Å². The summed E-state index contributed by atoms with van der Waals surface area (Å²) in [5.41, 5.74) is 10.2. The summed E-state index contributed by atoms with van der Waals surface area (Å²) in [6.45, 7) is 1.78. The summed E-state index contributed by atoms with van der Waals surface area (Å²) in [7, 11) is 1.25. The Morgan fingerprint density at radius 2 is 2.28 bits per heavy atom. The van der Waals surface area contributed by atoms with Crippen molar-refractivity contribution < 1.29 is 9.53 Å². The maximum Gasteiger partial charge on any atom is 0.339 e. The number of rotatable bonds is 2. The molecule has 0 aliphatic carbocycles. The van der Waals surface area contributed by atoms with E-state index in [2.05, 4.69) is 24.7 Å². The van der Waals surface area contributed by atoms with Gasteiger partial charge in [-0.05, 0) is 18.5 Å². The number of hydrogen-bond acceptors (Lipinski definition) is 5. The maximum atomic E-state index is 11.6. The lowest BCUT2D eigenvalue weighted by molar-refractivity contribution is 0.0601. The Hall–Kier alpha value is -2.66. The standard InChI is InChI=1S/C11H9N5O2/c1-6-9-7(3-4-13-6)10(15-16-12)8(5-14-9)11(17)18-2/h3-5H,1-2H3. The number of hydrogen-bond donors (Lipinski definition) is 0. The Kier molecular flexibility index (Phi) is 3.07. The first kappa shape index (κ1) is 11.8. The number of ether oxygens (including phenoxy) is 1. The van der Waals surface area contributed by atoms with Crippen LogP contribution in [0.15, 0.2) is 23.6 Å². The monoisotopic (exact) mass is 243 g/mol. The maximum absolute atomic E-state index is 11.6. The molecule has 0 saturated carbocycles. The summed E-state index contributed by atoms with van der Waals surface area (Å²) in [6.07, 6.45) is 2.89. The van der Waals surface area contributed by atoms with Crippen molar-refractivity contribution in [1.29, 1.82) is 0 Å². The molecular weight excluding hydrogens is 234 g/mol. The molecule has 2 aromatic rings. The highest BCUT2D eigenvalue weighted by Gasteiger charge is 2.15. The first-order valence-electron chi connectivity index (χ1n) is 5.06. The Morgan fingerprint density at radius 3 is 2.94 bits per heavy atom. The molecule has 2 heterocycles. The van der Waals surface area contributed by atoms with Gasteiger partial charge in [-0.2, -0.15) is 0 Å². The normalized spacial score (nSPS) is 9.89. The quantitative estimate of drug-likeness (QED) is 0.350. The summed E-state index contributed by atoms with van der Waals surface area (Å²) >= 11 is 0. The van der Waals surface area contributed by atoms with E-state index in [9.17, 15) is 4.79 Å². The summed E-state index contributed by atoms with van der Waals surface area (Å²) in [5.74, 6) is -0.596. The molecule has 0 N–H and O–H groups in total. The molecule has 0 aliphatic heterocycles. The number of methoxy groups -OCH3 is 1. The fourth-order valence-corrected chi connectivity index (χ4v) is 1.66. The molecule has 7 nitrogen and oxygen atoms in total. The second-order valence-electron chi connectivity index (χ2n) is 3.49. The van der Waals surface area contributed by atoms with Crippen LogP contribution in [0.3, 0.4) is 0 Å². The van der Waals surface area contributed by atoms with Gasteiger partial charge in [-0.3, -0.25) is 9.97 Å². The highest BCUT2D eigenvalue weighted by molar-refractivity contribution is 6.03. The van der Waals surface area contributed by atoms with E-state index in [-0.39, 0.29) is 11.3 Å². The van der Waals surface area contributed by atoms with Crippen LogP contribution in [0.25, 0.3) is 21.3 Å². The molecule has 0 unspecified atom stereocenters. The molecule has 0 atom stereocenters. The van der Waals surface area contributed by atoms with E-state index in [1.54, 1.807) is 19.2 Å². The molecule has 0 bridgehead atoms. The second kappa shape index (κ2) is 4.68. The van der Waals surface area contributed by atoms with Crippen LogP contribution in [0.2, 0.25) is 0 Å². The smallest absolute Gasteiger partial charge is 0.339 e. The molecule has 18 heavy (non-hydrogen) atoms. The van der Waals surface area contributed by atoms with Gasteiger partial charge in [-0.1, -0.05) is 5.11 Å². The lowest BCUT2D eigenvalue weighted by Crippen LogP contribution is -2.03. The largest absolute Gasteiger partial charge is 0.465 e. The third-order valence-corrected chi connectivity index (χ3v) is 2.49. The predicted molar refractivity (Wildman–Crippen MR) is 64.4 cm³/mol. The van der Waals surface area contributed by atoms with Crippen LogP contribution in [-0.2, 0) is 4.74 Å². The van der Waals surface area contributed by atoms with Crippen LogP contribution in [0.1, 0.15) is 16.1 Å². The van der Waals surface area contributed by atoms with Gasteiger partial charge in [0.1, 0.15) is 0 Å². The SMILES string of the molecule is COC(=O)c1cnc2c(C)nccc2c1N=[N+]=[N-]. The first-order chi connectivity index (χ1) is 8.69. The van der Waals surface area contributed by atoms with Gasteiger partial charge in [0.2, 0.25) is 0 Å². The lowest BCUT2D eigenvalue weighted by atomic mass is 10.1. The molecule has 0 fully saturated rings. The molecule has 0 amide bonds. The van der Waals surface area contributed by atoms with Gasteiger partial charge in [0.15, 0.2) is 0 Å². The van der Waals surface area contributed by atoms with Crippen LogP contribution in [-0.4, -0.2) is 23.0 Å². The zero-order valence-electron chi connectivity index (χ0n) is 9.78. The van der Waals surface area contributed by atoms with Crippen molar-refractivity contribution in [2.24, 2.45) is 5.11 Å². The zero-order valence-corrected chi connectivity index (χ0v) is 9.78. The highest BCUT2D eigenvalue weighted by Crippen LogP contribution is 2.30. The Balaban J connectivity index is 2.87. The van der Waals surface area contributed by atoms with Crippen molar-refractivity contribution in [2.45, 2.75) is 6.92 Å². The van der Waals surface area contributed by atoms with E-state index in [1.807, 2.05) is 0 Å². The van der Waals surface area contributed by atoms with Gasteiger partial charge in [0.25, 0.3) is 0 Å². The van der Waals surface area contributed by atoms with Crippen LogP contribution >= 0.6 is 0 Å². The summed E-state index contributed by atoms with van der Waals surface area (Å²) < 4.78 is 4.62. The van der Waals surface area contributed by atoms with E-state index in [0.717, 1.165) is 0 Å². The molecule has 90 valence electrons. The van der Waals surface area contributed by atoms with Crippen molar-refractivity contribution in [1.82, 2.24) is 9.97 Å². The van der Waals surface area contributed by atoms with Crippen LogP contribution in [0.4, 0.5) is 5.69 Å². The summed E-state index contributed by atoms with van der Waals surface area (Å²) in [5, 5.41) is 4.13. The minimum absolute atomic E-state index is 0.133. The van der Waals surface area contributed by atoms with E-state index < -0.39 is 5.97 Å². The van der Waals surface area contributed by atoms with Crippen molar-refractivity contribution in [2.75, 3.05) is 7.11 Å². The van der Waals surface area contributed by atoms with Crippen LogP contribution in [0.5, 0.6) is 0 Å². The molecule has 0 aromatic carbocycles. The highest BCUT2D eigenvalue weighted by atomic mass is 16.5. The van der Waals surface area contributed by atoms with Crippen molar-refractivity contribution in [3.8, 4) is 0 Å². The summed E-state index contributed by atoms with van der Waals surface area (Å²) in [6, 6.07) is 1.64. The molecule has 0 saturated heterocycles.